The van der Waals surface area contributed by atoms with Crippen molar-refractivity contribution in [1.29, 1.82) is 0 Å². The lowest BCUT2D eigenvalue weighted by Crippen LogP contribution is -2.34. The Bertz CT molecular complexity index is 1130. The Morgan fingerprint density at radius 3 is 2.61 bits per heavy atom. The third-order valence-corrected chi connectivity index (χ3v) is 6.72. The summed E-state index contributed by atoms with van der Waals surface area (Å²) >= 11 is 13.6. The number of nitrogens with zero attached hydrogens (tertiary/aromatic N) is 2. The van der Waals surface area contributed by atoms with E-state index in [2.05, 4.69) is 10.3 Å². The number of carbonyl (C=O) groups excluding carboxylic acids is 1. The van der Waals surface area contributed by atoms with Gasteiger partial charge in [-0.15, -0.1) is 11.3 Å². The summed E-state index contributed by atoms with van der Waals surface area (Å²) in [5.41, 5.74) is 1.46. The van der Waals surface area contributed by atoms with Crippen LogP contribution in [0, 0.1) is 6.92 Å². The fourth-order valence-electron chi connectivity index (χ4n) is 3.77. The quantitative estimate of drug-likeness (QED) is 0.618. The number of hydrogen-bond donors (Lipinski definition) is 1. The standard InChI is InChI=1S/C20H19Cl2N3O2S/c1-10(18(26)24-14-8-12(21)7-13(22)9-14)25-11(2)23-19-17(20(25)27)15-5-3-4-6-16(15)28-19/h7-10H,3-6H2,1-2H3,(H,24,26). The highest BCUT2D eigenvalue weighted by Crippen LogP contribution is 2.34. The first-order valence-corrected chi connectivity index (χ1v) is 10.7. The molecular weight excluding hydrogens is 417 g/mol. The molecule has 0 saturated carbocycles. The number of rotatable bonds is 3. The Kier molecular flexibility index (Phi) is 5.21. The minimum atomic E-state index is -0.721. The molecule has 3 aromatic rings. The van der Waals surface area contributed by atoms with Crippen LogP contribution in [-0.2, 0) is 17.6 Å². The van der Waals surface area contributed by atoms with Crippen LogP contribution in [-0.4, -0.2) is 15.5 Å². The van der Waals surface area contributed by atoms with E-state index >= 15 is 0 Å². The largest absolute Gasteiger partial charge is 0.324 e. The maximum atomic E-state index is 13.3. The number of carbonyl (C=O) groups is 1. The monoisotopic (exact) mass is 435 g/mol. The molecule has 0 spiro atoms. The van der Waals surface area contributed by atoms with Gasteiger partial charge in [0.1, 0.15) is 16.7 Å². The number of fused-ring (bicyclic) bond motifs is 3. The topological polar surface area (TPSA) is 64.0 Å². The number of amides is 1. The fourth-order valence-corrected chi connectivity index (χ4v) is 5.59. The van der Waals surface area contributed by atoms with E-state index in [0.717, 1.165) is 36.1 Å². The summed E-state index contributed by atoms with van der Waals surface area (Å²) in [7, 11) is 0. The summed E-state index contributed by atoms with van der Waals surface area (Å²) in [6, 6.07) is 4.10. The minimum Gasteiger partial charge on any atom is -0.324 e. The highest BCUT2D eigenvalue weighted by atomic mass is 35.5. The number of benzene rings is 1. The van der Waals surface area contributed by atoms with E-state index in [1.807, 2.05) is 0 Å². The smallest absolute Gasteiger partial charge is 0.263 e. The molecular formula is C20H19Cl2N3O2S. The molecule has 2 aromatic heterocycles. The van der Waals surface area contributed by atoms with Gasteiger partial charge in [-0.1, -0.05) is 23.2 Å². The molecule has 1 N–H and O–H groups in total. The Balaban J connectivity index is 1.73. The maximum Gasteiger partial charge on any atom is 0.263 e. The molecule has 1 aromatic carbocycles. The van der Waals surface area contributed by atoms with Gasteiger partial charge in [0.2, 0.25) is 5.91 Å². The molecule has 1 amide bonds. The highest BCUT2D eigenvalue weighted by molar-refractivity contribution is 7.18. The number of thiophene rings is 1. The molecule has 2 heterocycles. The van der Waals surface area contributed by atoms with Crippen molar-refractivity contribution in [3.8, 4) is 0 Å². The third-order valence-electron chi connectivity index (χ3n) is 5.09. The lowest BCUT2D eigenvalue weighted by atomic mass is 9.97. The molecule has 5 nitrogen and oxygen atoms in total. The van der Waals surface area contributed by atoms with Gasteiger partial charge < -0.3 is 5.32 Å². The van der Waals surface area contributed by atoms with Crippen LogP contribution < -0.4 is 10.9 Å². The molecule has 0 fully saturated rings. The van der Waals surface area contributed by atoms with Gasteiger partial charge in [0, 0.05) is 20.6 Å². The number of halogens is 2. The van der Waals surface area contributed by atoms with Crippen molar-refractivity contribution < 1.29 is 4.79 Å². The Morgan fingerprint density at radius 1 is 1.21 bits per heavy atom. The van der Waals surface area contributed by atoms with Crippen LogP contribution in [0.1, 0.15) is 42.1 Å². The zero-order chi connectivity index (χ0) is 20.0. The van der Waals surface area contributed by atoms with Crippen molar-refractivity contribution in [2.24, 2.45) is 0 Å². The normalized spacial score (nSPS) is 14.7. The van der Waals surface area contributed by atoms with Gasteiger partial charge >= 0.3 is 0 Å². The molecule has 1 unspecified atom stereocenters. The van der Waals surface area contributed by atoms with Crippen molar-refractivity contribution in [3.63, 3.8) is 0 Å². The van der Waals surface area contributed by atoms with Crippen molar-refractivity contribution in [1.82, 2.24) is 9.55 Å². The molecule has 0 aliphatic heterocycles. The van der Waals surface area contributed by atoms with Crippen LogP contribution in [0.25, 0.3) is 10.2 Å². The second-order valence-electron chi connectivity index (χ2n) is 7.05. The average molecular weight is 436 g/mol. The zero-order valence-electron chi connectivity index (χ0n) is 15.5. The van der Waals surface area contributed by atoms with E-state index < -0.39 is 6.04 Å². The zero-order valence-corrected chi connectivity index (χ0v) is 17.8. The van der Waals surface area contributed by atoms with Crippen molar-refractivity contribution in [2.75, 3.05) is 5.32 Å². The molecule has 8 heteroatoms. The van der Waals surface area contributed by atoms with E-state index in [1.165, 1.54) is 9.44 Å². The Morgan fingerprint density at radius 2 is 1.89 bits per heavy atom. The van der Waals surface area contributed by atoms with E-state index in [9.17, 15) is 9.59 Å². The number of anilines is 1. The van der Waals surface area contributed by atoms with Crippen molar-refractivity contribution in [3.05, 3.63) is 54.9 Å². The summed E-state index contributed by atoms with van der Waals surface area (Å²) < 4.78 is 1.48. The van der Waals surface area contributed by atoms with Gasteiger partial charge in [-0.2, -0.15) is 0 Å². The maximum absolute atomic E-state index is 13.3. The summed E-state index contributed by atoms with van der Waals surface area (Å²) in [4.78, 5) is 32.8. The van der Waals surface area contributed by atoms with E-state index in [-0.39, 0.29) is 11.5 Å². The third kappa shape index (κ3) is 3.45. The van der Waals surface area contributed by atoms with Crippen molar-refractivity contribution >= 4 is 56.3 Å². The summed E-state index contributed by atoms with van der Waals surface area (Å²) in [5.74, 6) is 0.205. The molecule has 0 saturated heterocycles. The number of aryl methyl sites for hydroxylation is 3. The van der Waals surface area contributed by atoms with Crippen LogP contribution in [0.3, 0.4) is 0 Å². The molecule has 0 radical (unpaired) electrons. The lowest BCUT2D eigenvalue weighted by Gasteiger charge is -2.18. The number of hydrogen-bond acceptors (Lipinski definition) is 4. The summed E-state index contributed by atoms with van der Waals surface area (Å²) in [6.45, 7) is 3.46. The predicted molar refractivity (Wildman–Crippen MR) is 115 cm³/mol. The molecule has 4 rings (SSSR count). The SMILES string of the molecule is Cc1nc2sc3c(c2c(=O)n1C(C)C(=O)Nc1cc(Cl)cc(Cl)c1)CCCC3. The van der Waals surface area contributed by atoms with Gasteiger partial charge in [-0.05, 0) is 63.3 Å². The Hall–Kier alpha value is -1.89. The fraction of sp³-hybridized carbons (Fsp3) is 0.350. The predicted octanol–water partition coefficient (Wildman–Crippen LogP) is 5.15. The first kappa shape index (κ1) is 19.4. The Labute approximate surface area is 176 Å². The van der Waals surface area contributed by atoms with Gasteiger partial charge in [0.25, 0.3) is 5.56 Å². The van der Waals surface area contributed by atoms with Gasteiger partial charge in [0.15, 0.2) is 0 Å². The molecule has 28 heavy (non-hydrogen) atoms. The summed E-state index contributed by atoms with van der Waals surface area (Å²) in [6.07, 6.45) is 4.13. The first-order valence-electron chi connectivity index (χ1n) is 9.15. The van der Waals surface area contributed by atoms with Crippen LogP contribution in [0.5, 0.6) is 0 Å². The van der Waals surface area contributed by atoms with Gasteiger partial charge in [-0.25, -0.2) is 4.98 Å². The van der Waals surface area contributed by atoms with Crippen molar-refractivity contribution in [2.45, 2.75) is 45.6 Å². The molecule has 1 aliphatic carbocycles. The molecule has 1 aliphatic rings. The molecule has 0 bridgehead atoms. The molecule has 146 valence electrons. The molecule has 1 atom stereocenters. The lowest BCUT2D eigenvalue weighted by molar-refractivity contribution is -0.118. The van der Waals surface area contributed by atoms with Crippen LogP contribution >= 0.6 is 34.5 Å². The first-order chi connectivity index (χ1) is 13.3. The second kappa shape index (κ2) is 7.50. The van der Waals surface area contributed by atoms with Crippen LogP contribution in [0.15, 0.2) is 23.0 Å². The number of aromatic nitrogens is 2. The highest BCUT2D eigenvalue weighted by Gasteiger charge is 2.25. The minimum absolute atomic E-state index is 0.145. The average Bonchev–Trinajstić information content (AvgIpc) is 2.98. The van der Waals surface area contributed by atoms with E-state index in [4.69, 9.17) is 23.2 Å². The van der Waals surface area contributed by atoms with Gasteiger partial charge in [-0.3, -0.25) is 14.2 Å². The van der Waals surface area contributed by atoms with Crippen LogP contribution in [0.2, 0.25) is 10.0 Å². The second-order valence-corrected chi connectivity index (χ2v) is 9.01. The van der Waals surface area contributed by atoms with E-state index in [0.29, 0.717) is 26.9 Å². The van der Waals surface area contributed by atoms with E-state index in [1.54, 1.807) is 43.4 Å². The number of nitrogens with one attached hydrogen (secondary N) is 1. The van der Waals surface area contributed by atoms with Crippen LogP contribution in [0.4, 0.5) is 5.69 Å². The van der Waals surface area contributed by atoms with Gasteiger partial charge in [0.05, 0.1) is 5.39 Å². The summed E-state index contributed by atoms with van der Waals surface area (Å²) in [5, 5.41) is 4.32.